The Morgan fingerprint density at radius 3 is 2.42 bits per heavy atom. The van der Waals surface area contributed by atoms with Gasteiger partial charge in [-0.3, -0.25) is 4.98 Å². The highest BCUT2D eigenvalue weighted by Crippen LogP contribution is 2.48. The molecule has 194 valence electrons. The minimum absolute atomic E-state index is 0.0345. The Labute approximate surface area is 211 Å². The Bertz CT molecular complexity index is 1080. The van der Waals surface area contributed by atoms with Crippen molar-refractivity contribution in [3.63, 3.8) is 0 Å². The van der Waals surface area contributed by atoms with Crippen LogP contribution in [0.1, 0.15) is 64.6 Å². The van der Waals surface area contributed by atoms with Gasteiger partial charge in [-0.05, 0) is 101 Å². The molecule has 0 spiro atoms. The summed E-state index contributed by atoms with van der Waals surface area (Å²) >= 11 is 0. The van der Waals surface area contributed by atoms with E-state index in [1.165, 1.54) is 0 Å². The predicted octanol–water partition coefficient (Wildman–Crippen LogP) is 6.65. The van der Waals surface area contributed by atoms with Gasteiger partial charge >= 0.3 is 6.09 Å². The maximum atomic E-state index is 13.0. The normalized spacial score (nSPS) is 23.3. The zero-order chi connectivity index (χ0) is 25.9. The number of nitrogens with zero attached hydrogens (tertiary/aromatic N) is 2. The third-order valence-corrected chi connectivity index (χ3v) is 6.42. The highest BCUT2D eigenvalue weighted by molar-refractivity contribution is 6.03. The lowest BCUT2D eigenvalue weighted by atomic mass is 10.0. The second-order valence-corrected chi connectivity index (χ2v) is 10.8. The lowest BCUT2D eigenvalue weighted by Gasteiger charge is -2.17. The summed E-state index contributed by atoms with van der Waals surface area (Å²) in [7, 11) is 0. The first-order valence-electron chi connectivity index (χ1n) is 12.5. The van der Waals surface area contributed by atoms with Crippen molar-refractivity contribution in [2.75, 3.05) is 6.61 Å². The summed E-state index contributed by atoms with van der Waals surface area (Å²) in [6, 6.07) is 11.3. The van der Waals surface area contributed by atoms with Crippen molar-refractivity contribution in [2.45, 2.75) is 77.4 Å². The van der Waals surface area contributed by atoms with Gasteiger partial charge in [-0.2, -0.15) is 4.99 Å². The molecule has 1 amide bonds. The highest BCUT2D eigenvalue weighted by Gasteiger charge is 2.57. The summed E-state index contributed by atoms with van der Waals surface area (Å²) in [6.45, 7) is 7.23. The van der Waals surface area contributed by atoms with Crippen molar-refractivity contribution in [1.82, 2.24) is 4.98 Å². The molecule has 0 N–H and O–H groups in total. The van der Waals surface area contributed by atoms with Crippen LogP contribution in [0.5, 0.6) is 11.5 Å². The third-order valence-electron chi connectivity index (χ3n) is 6.42. The maximum absolute atomic E-state index is 13.0. The first kappa shape index (κ1) is 26.0. The van der Waals surface area contributed by atoms with Gasteiger partial charge in [-0.15, -0.1) is 0 Å². The Kier molecular flexibility index (Phi) is 7.62. The Morgan fingerprint density at radius 1 is 1.11 bits per heavy atom. The van der Waals surface area contributed by atoms with Gasteiger partial charge in [0.25, 0.3) is 5.92 Å². The van der Waals surface area contributed by atoms with Gasteiger partial charge in [0, 0.05) is 12.1 Å². The van der Waals surface area contributed by atoms with Gasteiger partial charge in [-0.25, -0.2) is 13.6 Å². The first-order chi connectivity index (χ1) is 17.0. The number of aromatic nitrogens is 1. The van der Waals surface area contributed by atoms with Crippen LogP contribution in [0.3, 0.4) is 0 Å². The number of hydrogen-bond donors (Lipinski definition) is 0. The van der Waals surface area contributed by atoms with Crippen LogP contribution in [-0.4, -0.2) is 41.0 Å². The molecule has 1 aromatic carbocycles. The lowest BCUT2D eigenvalue weighted by molar-refractivity contribution is 0.0604. The van der Waals surface area contributed by atoms with E-state index < -0.39 is 23.5 Å². The Hall–Kier alpha value is -3.03. The van der Waals surface area contributed by atoms with Crippen LogP contribution in [0.4, 0.5) is 13.6 Å². The largest absolute Gasteiger partial charge is 0.491 e. The van der Waals surface area contributed by atoms with Gasteiger partial charge in [0.1, 0.15) is 17.1 Å². The summed E-state index contributed by atoms with van der Waals surface area (Å²) in [6.07, 6.45) is 4.89. The smallest absolute Gasteiger partial charge is 0.434 e. The number of benzene rings is 1. The molecule has 0 bridgehead atoms. The van der Waals surface area contributed by atoms with Gasteiger partial charge < -0.3 is 14.2 Å². The summed E-state index contributed by atoms with van der Waals surface area (Å²) in [5.74, 6) is -1.44. The lowest BCUT2D eigenvalue weighted by Crippen LogP contribution is -2.22. The van der Waals surface area contributed by atoms with Crippen LogP contribution in [-0.2, 0) is 11.2 Å². The Morgan fingerprint density at radius 2 is 1.81 bits per heavy atom. The minimum atomic E-state index is -2.56. The molecule has 36 heavy (non-hydrogen) atoms. The van der Waals surface area contributed by atoms with E-state index in [0.717, 1.165) is 42.7 Å². The molecule has 1 heterocycles. The van der Waals surface area contributed by atoms with E-state index in [2.05, 4.69) is 9.98 Å². The van der Waals surface area contributed by atoms with Gasteiger partial charge in [-0.1, -0.05) is 0 Å². The van der Waals surface area contributed by atoms with E-state index in [9.17, 15) is 13.6 Å². The van der Waals surface area contributed by atoms with Gasteiger partial charge in [0.2, 0.25) is 0 Å². The van der Waals surface area contributed by atoms with Crippen molar-refractivity contribution in [1.29, 1.82) is 0 Å². The first-order valence-corrected chi connectivity index (χ1v) is 12.5. The highest BCUT2D eigenvalue weighted by atomic mass is 19.3. The molecule has 0 aliphatic heterocycles. The molecule has 2 aliphatic carbocycles. The molecule has 1 aromatic heterocycles. The maximum Gasteiger partial charge on any atom is 0.434 e. The van der Waals surface area contributed by atoms with Gasteiger partial charge in [0.05, 0.1) is 30.5 Å². The third kappa shape index (κ3) is 7.48. The molecule has 2 fully saturated rings. The monoisotopic (exact) mass is 500 g/mol. The fourth-order valence-corrected chi connectivity index (χ4v) is 4.33. The SMILES string of the molecule is CC(=NC(=O)OC(C)(C)C)c1ccc(OC2CCC(Cc3ccc(OCC4CC4(F)F)cn3)C2)cc1. The van der Waals surface area contributed by atoms with Crippen molar-refractivity contribution >= 4 is 11.8 Å². The molecule has 8 heteroatoms. The molecular formula is C28H34F2N2O4. The molecule has 6 nitrogen and oxygen atoms in total. The number of alkyl halides is 2. The van der Waals surface area contributed by atoms with Crippen molar-refractivity contribution in [2.24, 2.45) is 16.8 Å². The van der Waals surface area contributed by atoms with E-state index in [4.69, 9.17) is 14.2 Å². The standard InChI is InChI=1S/C28H34F2N2O4/c1-18(32-26(33)36-27(2,3)4)20-6-10-23(11-7-20)35-24-9-5-19(14-24)13-22-8-12-25(16-31-22)34-17-21-15-28(21,29)30/h6-8,10-12,16,19,21,24H,5,9,13-15,17H2,1-4H3. The van der Waals surface area contributed by atoms with Gasteiger partial charge in [0.15, 0.2) is 0 Å². The average molecular weight is 501 g/mol. The number of carbonyl (C=O) groups excluding carboxylic acids is 1. The van der Waals surface area contributed by atoms with Crippen LogP contribution in [0, 0.1) is 11.8 Å². The van der Waals surface area contributed by atoms with Crippen molar-refractivity contribution in [3.05, 3.63) is 53.9 Å². The fraction of sp³-hybridized carbons (Fsp3) is 0.536. The number of halogens is 2. The molecule has 2 aromatic rings. The molecule has 2 aliphatic rings. The number of aliphatic imine (C=N–C) groups is 1. The van der Waals surface area contributed by atoms with Crippen LogP contribution in [0.25, 0.3) is 0 Å². The molecule has 3 atom stereocenters. The molecule has 2 saturated carbocycles. The second kappa shape index (κ2) is 10.5. The Balaban J connectivity index is 1.22. The quantitative estimate of drug-likeness (QED) is 0.380. The number of amides is 1. The average Bonchev–Trinajstić information content (AvgIpc) is 3.18. The molecule has 4 rings (SSSR count). The second-order valence-electron chi connectivity index (χ2n) is 10.8. The minimum Gasteiger partial charge on any atom is -0.491 e. The van der Waals surface area contributed by atoms with E-state index in [-0.39, 0.29) is 19.1 Å². The molecule has 0 saturated heterocycles. The summed E-state index contributed by atoms with van der Waals surface area (Å²) in [4.78, 5) is 20.4. The fourth-order valence-electron chi connectivity index (χ4n) is 4.33. The summed E-state index contributed by atoms with van der Waals surface area (Å²) in [5, 5.41) is 0. The van der Waals surface area contributed by atoms with E-state index in [0.29, 0.717) is 17.4 Å². The summed E-state index contributed by atoms with van der Waals surface area (Å²) in [5.41, 5.74) is 1.81. The van der Waals surface area contributed by atoms with Crippen molar-refractivity contribution < 1.29 is 27.8 Å². The number of rotatable bonds is 8. The molecule has 0 radical (unpaired) electrons. The number of hydrogen-bond acceptors (Lipinski definition) is 5. The molecular weight excluding hydrogens is 466 g/mol. The topological polar surface area (TPSA) is 70.0 Å². The van der Waals surface area contributed by atoms with Crippen LogP contribution in [0.15, 0.2) is 47.6 Å². The zero-order valence-corrected chi connectivity index (χ0v) is 21.3. The zero-order valence-electron chi connectivity index (χ0n) is 21.3. The number of pyridine rings is 1. The van der Waals surface area contributed by atoms with Crippen molar-refractivity contribution in [3.8, 4) is 11.5 Å². The summed E-state index contributed by atoms with van der Waals surface area (Å²) < 4.78 is 42.8. The molecule has 3 unspecified atom stereocenters. The van der Waals surface area contributed by atoms with Crippen LogP contribution >= 0.6 is 0 Å². The van der Waals surface area contributed by atoms with E-state index >= 15 is 0 Å². The van der Waals surface area contributed by atoms with E-state index in [1.54, 1.807) is 40.0 Å². The number of carbonyl (C=O) groups is 1. The van der Waals surface area contributed by atoms with Crippen LogP contribution in [0.2, 0.25) is 0 Å². The van der Waals surface area contributed by atoms with E-state index in [1.807, 2.05) is 30.3 Å². The number of ether oxygens (including phenoxy) is 3. The predicted molar refractivity (Wildman–Crippen MR) is 133 cm³/mol. The van der Waals surface area contributed by atoms with Crippen LogP contribution < -0.4 is 9.47 Å².